The molecule has 3 heteroatoms. The van der Waals surface area contributed by atoms with E-state index in [-0.39, 0.29) is 5.92 Å². The molecule has 0 aliphatic carbocycles. The zero-order valence-electron chi connectivity index (χ0n) is 9.00. The molecule has 1 heterocycles. The van der Waals surface area contributed by atoms with Crippen LogP contribution in [0.4, 0.5) is 8.78 Å². The Bertz CT molecular complexity index is 357. The van der Waals surface area contributed by atoms with Crippen LogP contribution in [0, 0.1) is 11.6 Å². The fraction of sp³-hybridized carbons (Fsp3) is 0.500. The molecular weight excluding hydrogens is 196 g/mol. The molecule has 1 aromatic carbocycles. The van der Waals surface area contributed by atoms with Crippen molar-refractivity contribution in [2.75, 3.05) is 13.1 Å². The van der Waals surface area contributed by atoms with Crippen LogP contribution in [0.2, 0.25) is 0 Å². The van der Waals surface area contributed by atoms with Gasteiger partial charge in [-0.3, -0.25) is 4.90 Å². The standard InChI is InChI=1S/C12H15F2N/c1-8(2)15-6-9(7-15)10-4-3-5-11(13)12(10)14/h3-5,8-9H,6-7H2,1-2H3. The van der Waals surface area contributed by atoms with Gasteiger partial charge in [-0.05, 0) is 25.5 Å². The highest BCUT2D eigenvalue weighted by molar-refractivity contribution is 5.25. The summed E-state index contributed by atoms with van der Waals surface area (Å²) in [5.41, 5.74) is 0.520. The first kappa shape index (κ1) is 10.6. The third-order valence-electron chi connectivity index (χ3n) is 3.06. The van der Waals surface area contributed by atoms with Gasteiger partial charge in [-0.25, -0.2) is 8.78 Å². The molecule has 0 atom stereocenters. The average Bonchev–Trinajstić information content (AvgIpc) is 2.09. The number of benzene rings is 1. The van der Waals surface area contributed by atoms with E-state index in [0.29, 0.717) is 11.6 Å². The van der Waals surface area contributed by atoms with Crippen LogP contribution in [-0.2, 0) is 0 Å². The largest absolute Gasteiger partial charge is 0.300 e. The number of hydrogen-bond acceptors (Lipinski definition) is 1. The van der Waals surface area contributed by atoms with Crippen LogP contribution in [0.1, 0.15) is 25.3 Å². The quantitative estimate of drug-likeness (QED) is 0.727. The minimum atomic E-state index is -0.740. The van der Waals surface area contributed by atoms with E-state index < -0.39 is 11.6 Å². The second-order valence-electron chi connectivity index (χ2n) is 4.39. The number of hydrogen-bond donors (Lipinski definition) is 0. The van der Waals surface area contributed by atoms with Crippen LogP contribution in [0.3, 0.4) is 0 Å². The smallest absolute Gasteiger partial charge is 0.162 e. The fourth-order valence-corrected chi connectivity index (χ4v) is 1.97. The van der Waals surface area contributed by atoms with Crippen molar-refractivity contribution in [2.24, 2.45) is 0 Å². The molecule has 0 radical (unpaired) electrons. The summed E-state index contributed by atoms with van der Waals surface area (Å²) in [6.45, 7) is 5.88. The van der Waals surface area contributed by atoms with Crippen molar-refractivity contribution in [3.63, 3.8) is 0 Å². The second kappa shape index (κ2) is 3.89. The average molecular weight is 211 g/mol. The van der Waals surface area contributed by atoms with Crippen LogP contribution >= 0.6 is 0 Å². The monoisotopic (exact) mass is 211 g/mol. The van der Waals surface area contributed by atoms with E-state index >= 15 is 0 Å². The molecule has 82 valence electrons. The summed E-state index contributed by atoms with van der Waals surface area (Å²) in [4.78, 5) is 2.25. The molecule has 0 N–H and O–H groups in total. The predicted molar refractivity (Wildman–Crippen MR) is 55.8 cm³/mol. The summed E-state index contributed by atoms with van der Waals surface area (Å²) in [7, 11) is 0. The van der Waals surface area contributed by atoms with Crippen LogP contribution in [0.25, 0.3) is 0 Å². The van der Waals surface area contributed by atoms with E-state index in [2.05, 4.69) is 18.7 Å². The third-order valence-corrected chi connectivity index (χ3v) is 3.06. The Morgan fingerprint density at radius 2 is 1.93 bits per heavy atom. The summed E-state index contributed by atoms with van der Waals surface area (Å²) in [6, 6.07) is 4.91. The maximum atomic E-state index is 13.4. The zero-order chi connectivity index (χ0) is 11.0. The molecule has 1 nitrogen and oxygen atoms in total. The Morgan fingerprint density at radius 1 is 1.27 bits per heavy atom. The summed E-state index contributed by atoms with van der Waals surface area (Å²) in [6.07, 6.45) is 0. The summed E-state index contributed by atoms with van der Waals surface area (Å²) < 4.78 is 26.4. The van der Waals surface area contributed by atoms with E-state index in [1.165, 1.54) is 0 Å². The summed E-state index contributed by atoms with van der Waals surface area (Å²) in [5, 5.41) is 0. The summed E-state index contributed by atoms with van der Waals surface area (Å²) in [5.74, 6) is -1.26. The highest BCUT2D eigenvalue weighted by Crippen LogP contribution is 2.30. The van der Waals surface area contributed by atoms with Crippen molar-refractivity contribution in [2.45, 2.75) is 25.8 Å². The fourth-order valence-electron chi connectivity index (χ4n) is 1.97. The van der Waals surface area contributed by atoms with Crippen molar-refractivity contribution in [3.05, 3.63) is 35.4 Å². The van der Waals surface area contributed by atoms with Gasteiger partial charge in [0.1, 0.15) is 0 Å². The third kappa shape index (κ3) is 1.88. The Morgan fingerprint density at radius 3 is 2.53 bits per heavy atom. The number of nitrogens with zero attached hydrogens (tertiary/aromatic N) is 1. The Balaban J connectivity index is 2.10. The highest BCUT2D eigenvalue weighted by Gasteiger charge is 2.31. The molecule has 0 aromatic heterocycles. The normalized spacial score (nSPS) is 18.2. The first-order valence-electron chi connectivity index (χ1n) is 5.27. The molecule has 0 bridgehead atoms. The maximum absolute atomic E-state index is 13.4. The van der Waals surface area contributed by atoms with Crippen LogP contribution in [0.15, 0.2) is 18.2 Å². The SMILES string of the molecule is CC(C)N1CC(c2cccc(F)c2F)C1. The van der Waals surface area contributed by atoms with E-state index in [9.17, 15) is 8.78 Å². The first-order chi connectivity index (χ1) is 7.09. The molecule has 0 amide bonds. The lowest BCUT2D eigenvalue weighted by Crippen LogP contribution is -2.48. The van der Waals surface area contributed by atoms with E-state index in [1.54, 1.807) is 12.1 Å². The van der Waals surface area contributed by atoms with E-state index in [0.717, 1.165) is 19.2 Å². The zero-order valence-corrected chi connectivity index (χ0v) is 9.00. The van der Waals surface area contributed by atoms with Crippen LogP contribution in [0.5, 0.6) is 0 Å². The molecule has 2 rings (SSSR count). The molecule has 1 fully saturated rings. The van der Waals surface area contributed by atoms with Gasteiger partial charge in [-0.1, -0.05) is 12.1 Å². The molecular formula is C12H15F2N. The lowest BCUT2D eigenvalue weighted by Gasteiger charge is -2.42. The minimum absolute atomic E-state index is 0.156. The summed E-state index contributed by atoms with van der Waals surface area (Å²) >= 11 is 0. The van der Waals surface area contributed by atoms with Gasteiger partial charge in [0.2, 0.25) is 0 Å². The van der Waals surface area contributed by atoms with Crippen LogP contribution < -0.4 is 0 Å². The van der Waals surface area contributed by atoms with Gasteiger partial charge < -0.3 is 0 Å². The lowest BCUT2D eigenvalue weighted by atomic mass is 9.90. The Labute approximate surface area is 88.7 Å². The van der Waals surface area contributed by atoms with E-state index in [4.69, 9.17) is 0 Å². The van der Waals surface area contributed by atoms with Crippen molar-refractivity contribution in [1.82, 2.24) is 4.90 Å². The molecule has 15 heavy (non-hydrogen) atoms. The lowest BCUT2D eigenvalue weighted by molar-refractivity contribution is 0.107. The molecule has 1 aromatic rings. The van der Waals surface area contributed by atoms with Crippen LogP contribution in [-0.4, -0.2) is 24.0 Å². The van der Waals surface area contributed by atoms with Crippen molar-refractivity contribution in [1.29, 1.82) is 0 Å². The first-order valence-corrected chi connectivity index (χ1v) is 5.27. The van der Waals surface area contributed by atoms with Gasteiger partial charge in [-0.15, -0.1) is 0 Å². The number of halogens is 2. The maximum Gasteiger partial charge on any atom is 0.162 e. The van der Waals surface area contributed by atoms with Crippen molar-refractivity contribution in [3.8, 4) is 0 Å². The van der Waals surface area contributed by atoms with Gasteiger partial charge in [0, 0.05) is 25.0 Å². The molecule has 1 saturated heterocycles. The topological polar surface area (TPSA) is 3.24 Å². The Kier molecular flexibility index (Phi) is 2.74. The highest BCUT2D eigenvalue weighted by atomic mass is 19.2. The predicted octanol–water partition coefficient (Wildman–Crippen LogP) is 2.77. The molecule has 0 spiro atoms. The van der Waals surface area contributed by atoms with E-state index in [1.807, 2.05) is 0 Å². The van der Waals surface area contributed by atoms with Crippen molar-refractivity contribution >= 4 is 0 Å². The van der Waals surface area contributed by atoms with Gasteiger partial charge >= 0.3 is 0 Å². The van der Waals surface area contributed by atoms with Gasteiger partial charge in [0.25, 0.3) is 0 Å². The number of rotatable bonds is 2. The van der Waals surface area contributed by atoms with Gasteiger partial charge in [0.15, 0.2) is 11.6 Å². The van der Waals surface area contributed by atoms with Gasteiger partial charge in [-0.2, -0.15) is 0 Å². The second-order valence-corrected chi connectivity index (χ2v) is 4.39. The van der Waals surface area contributed by atoms with Crippen molar-refractivity contribution < 1.29 is 8.78 Å². The minimum Gasteiger partial charge on any atom is -0.300 e. The van der Waals surface area contributed by atoms with Gasteiger partial charge in [0.05, 0.1) is 0 Å². The number of likely N-dealkylation sites (tertiary alicyclic amines) is 1. The molecule has 0 saturated carbocycles. The molecule has 1 aliphatic rings. The Hall–Kier alpha value is -0.960. The molecule has 0 unspecified atom stereocenters. The molecule has 1 aliphatic heterocycles.